The van der Waals surface area contributed by atoms with E-state index in [0.717, 1.165) is 25.7 Å². The van der Waals surface area contributed by atoms with Crippen molar-refractivity contribution in [3.63, 3.8) is 0 Å². The van der Waals surface area contributed by atoms with Crippen LogP contribution in [0.5, 0.6) is 0 Å². The summed E-state index contributed by atoms with van der Waals surface area (Å²) in [6, 6.07) is 6.24. The van der Waals surface area contributed by atoms with Gasteiger partial charge in [0.15, 0.2) is 9.84 Å². The number of likely N-dealkylation sites (tertiary alicyclic amines) is 1. The maximum absolute atomic E-state index is 12.5. The minimum atomic E-state index is -3.41. The molecule has 2 saturated heterocycles. The maximum atomic E-state index is 12.5. The fourth-order valence-corrected chi connectivity index (χ4v) is 5.08. The Balaban J connectivity index is 1.60. The van der Waals surface area contributed by atoms with Crippen molar-refractivity contribution in [3.8, 4) is 0 Å². The Bertz CT molecular complexity index is 785. The zero-order valence-electron chi connectivity index (χ0n) is 15.5. The van der Waals surface area contributed by atoms with E-state index in [-0.39, 0.29) is 34.5 Å². The van der Waals surface area contributed by atoms with Crippen LogP contribution < -0.4 is 5.32 Å². The van der Waals surface area contributed by atoms with Gasteiger partial charge in [-0.15, -0.1) is 0 Å². The Morgan fingerprint density at radius 2 is 1.93 bits per heavy atom. The van der Waals surface area contributed by atoms with E-state index in [4.69, 9.17) is 4.74 Å². The number of piperidine rings is 1. The molecule has 0 saturated carbocycles. The summed E-state index contributed by atoms with van der Waals surface area (Å²) in [6.07, 6.45) is 2.98. The number of benzene rings is 1. The molecule has 2 heterocycles. The molecule has 1 aromatic carbocycles. The number of carbonyl (C=O) groups excluding carboxylic acids is 2. The van der Waals surface area contributed by atoms with Gasteiger partial charge < -0.3 is 15.0 Å². The molecule has 2 atom stereocenters. The molecule has 8 heteroatoms. The van der Waals surface area contributed by atoms with Crippen LogP contribution in [0.25, 0.3) is 0 Å². The van der Waals surface area contributed by atoms with Crippen molar-refractivity contribution >= 4 is 27.3 Å². The van der Waals surface area contributed by atoms with Crippen molar-refractivity contribution in [2.45, 2.75) is 43.6 Å². The molecule has 7 nitrogen and oxygen atoms in total. The Labute approximate surface area is 160 Å². The van der Waals surface area contributed by atoms with Gasteiger partial charge in [-0.3, -0.25) is 9.59 Å². The zero-order chi connectivity index (χ0) is 19.4. The second-order valence-electron chi connectivity index (χ2n) is 7.23. The molecule has 0 aromatic heterocycles. The predicted octanol–water partition coefficient (Wildman–Crippen LogP) is 1.84. The van der Waals surface area contributed by atoms with Crippen LogP contribution >= 0.6 is 0 Å². The fraction of sp³-hybridized carbons (Fsp3) is 0.579. The molecule has 3 rings (SSSR count). The monoisotopic (exact) mass is 394 g/mol. The smallest absolute Gasteiger partial charge is 0.229 e. The Hall–Kier alpha value is -1.93. The number of ether oxygens (including phenoxy) is 1. The molecule has 2 aliphatic rings. The van der Waals surface area contributed by atoms with Gasteiger partial charge in [0.05, 0.1) is 22.7 Å². The highest BCUT2D eigenvalue weighted by atomic mass is 32.2. The molecular weight excluding hydrogens is 368 g/mol. The SMILES string of the molecule is CC(=O)N1CCCC(C(=O)Nc2ccc(S(=O)(=O)CC3CCCO3)cc2)C1. The molecule has 2 fully saturated rings. The number of anilines is 1. The van der Waals surface area contributed by atoms with Crippen molar-refractivity contribution in [1.82, 2.24) is 4.90 Å². The van der Waals surface area contributed by atoms with Crippen molar-refractivity contribution in [2.24, 2.45) is 5.92 Å². The highest BCUT2D eigenvalue weighted by Crippen LogP contribution is 2.22. The van der Waals surface area contributed by atoms with Crippen molar-refractivity contribution in [3.05, 3.63) is 24.3 Å². The number of nitrogens with one attached hydrogen (secondary N) is 1. The highest BCUT2D eigenvalue weighted by Gasteiger charge is 2.27. The van der Waals surface area contributed by atoms with E-state index >= 15 is 0 Å². The largest absolute Gasteiger partial charge is 0.377 e. The van der Waals surface area contributed by atoms with E-state index in [1.807, 2.05) is 0 Å². The normalized spacial score (nSPS) is 23.2. The maximum Gasteiger partial charge on any atom is 0.229 e. The van der Waals surface area contributed by atoms with Crippen LogP contribution in [0.4, 0.5) is 5.69 Å². The third-order valence-electron chi connectivity index (χ3n) is 5.15. The minimum absolute atomic E-state index is 0.0122. The molecule has 1 aromatic rings. The van der Waals surface area contributed by atoms with Gasteiger partial charge in [-0.05, 0) is 49.9 Å². The quantitative estimate of drug-likeness (QED) is 0.823. The lowest BCUT2D eigenvalue weighted by molar-refractivity contribution is -0.132. The van der Waals surface area contributed by atoms with Crippen LogP contribution in [0.2, 0.25) is 0 Å². The van der Waals surface area contributed by atoms with E-state index in [0.29, 0.717) is 25.4 Å². The molecular formula is C19H26N2O5S. The van der Waals surface area contributed by atoms with Gasteiger partial charge in [0.1, 0.15) is 0 Å². The number of sulfone groups is 1. The summed E-state index contributed by atoms with van der Waals surface area (Å²) in [7, 11) is -3.41. The highest BCUT2D eigenvalue weighted by molar-refractivity contribution is 7.91. The average molecular weight is 394 g/mol. The first-order valence-electron chi connectivity index (χ1n) is 9.36. The lowest BCUT2D eigenvalue weighted by Gasteiger charge is -2.31. The number of rotatable bonds is 5. The molecule has 0 radical (unpaired) electrons. The van der Waals surface area contributed by atoms with E-state index in [1.54, 1.807) is 17.0 Å². The Kier molecular flexibility index (Phi) is 6.16. The first-order chi connectivity index (χ1) is 12.8. The van der Waals surface area contributed by atoms with Crippen molar-refractivity contribution in [1.29, 1.82) is 0 Å². The predicted molar refractivity (Wildman–Crippen MR) is 101 cm³/mol. The number of amides is 2. The summed E-state index contributed by atoms with van der Waals surface area (Å²) in [5, 5.41) is 2.83. The van der Waals surface area contributed by atoms with Gasteiger partial charge in [0.2, 0.25) is 11.8 Å². The lowest BCUT2D eigenvalue weighted by atomic mass is 9.97. The van der Waals surface area contributed by atoms with Crippen LogP contribution in [0, 0.1) is 5.92 Å². The first-order valence-corrected chi connectivity index (χ1v) is 11.0. The second-order valence-corrected chi connectivity index (χ2v) is 9.27. The third kappa shape index (κ3) is 5.07. The fourth-order valence-electron chi connectivity index (χ4n) is 3.58. The number of carbonyl (C=O) groups is 2. The number of hydrogen-bond acceptors (Lipinski definition) is 5. The Morgan fingerprint density at radius 1 is 1.19 bits per heavy atom. The van der Waals surface area contributed by atoms with E-state index in [1.165, 1.54) is 19.1 Å². The molecule has 2 aliphatic heterocycles. The third-order valence-corrected chi connectivity index (χ3v) is 6.95. The molecule has 148 valence electrons. The van der Waals surface area contributed by atoms with Crippen LogP contribution in [0.15, 0.2) is 29.2 Å². The van der Waals surface area contributed by atoms with Crippen LogP contribution in [0.1, 0.15) is 32.6 Å². The molecule has 27 heavy (non-hydrogen) atoms. The number of nitrogens with zero attached hydrogens (tertiary/aromatic N) is 1. The standard InChI is InChI=1S/C19H26N2O5S/c1-14(22)21-10-2-4-15(12-21)19(23)20-16-6-8-18(9-7-16)27(24,25)13-17-5-3-11-26-17/h6-9,15,17H,2-5,10-13H2,1H3,(H,20,23). The van der Waals surface area contributed by atoms with E-state index in [9.17, 15) is 18.0 Å². The van der Waals surface area contributed by atoms with Crippen LogP contribution in [-0.2, 0) is 24.2 Å². The molecule has 0 spiro atoms. The summed E-state index contributed by atoms with van der Waals surface area (Å²) in [6.45, 7) is 3.24. The lowest BCUT2D eigenvalue weighted by Crippen LogP contribution is -2.42. The number of hydrogen-bond donors (Lipinski definition) is 1. The summed E-state index contributed by atoms with van der Waals surface area (Å²) in [5.41, 5.74) is 0.552. The van der Waals surface area contributed by atoms with Gasteiger partial charge in [-0.25, -0.2) is 8.42 Å². The molecule has 0 bridgehead atoms. The summed E-state index contributed by atoms with van der Waals surface area (Å²) in [5.74, 6) is -0.420. The van der Waals surface area contributed by atoms with Gasteiger partial charge in [-0.1, -0.05) is 0 Å². The topological polar surface area (TPSA) is 92.8 Å². The second kappa shape index (κ2) is 8.39. The van der Waals surface area contributed by atoms with Crippen LogP contribution in [0.3, 0.4) is 0 Å². The van der Waals surface area contributed by atoms with Crippen molar-refractivity contribution in [2.75, 3.05) is 30.8 Å². The summed E-state index contributed by atoms with van der Waals surface area (Å²) < 4.78 is 30.3. The minimum Gasteiger partial charge on any atom is -0.377 e. The molecule has 2 amide bonds. The van der Waals surface area contributed by atoms with E-state index in [2.05, 4.69) is 5.32 Å². The van der Waals surface area contributed by atoms with Gasteiger partial charge >= 0.3 is 0 Å². The van der Waals surface area contributed by atoms with Gasteiger partial charge in [0, 0.05) is 32.3 Å². The average Bonchev–Trinajstić information content (AvgIpc) is 3.14. The summed E-state index contributed by atoms with van der Waals surface area (Å²) in [4.78, 5) is 25.9. The molecule has 2 unspecified atom stereocenters. The van der Waals surface area contributed by atoms with Crippen molar-refractivity contribution < 1.29 is 22.7 Å². The zero-order valence-corrected chi connectivity index (χ0v) is 16.3. The molecule has 0 aliphatic carbocycles. The van der Waals surface area contributed by atoms with E-state index < -0.39 is 9.84 Å². The molecule has 1 N–H and O–H groups in total. The van der Waals surface area contributed by atoms with Crippen LogP contribution in [-0.4, -0.2) is 56.7 Å². The first kappa shape index (κ1) is 19.8. The Morgan fingerprint density at radius 3 is 2.56 bits per heavy atom. The summed E-state index contributed by atoms with van der Waals surface area (Å²) >= 11 is 0. The van der Waals surface area contributed by atoms with Gasteiger partial charge in [0.25, 0.3) is 0 Å². The van der Waals surface area contributed by atoms with Gasteiger partial charge in [-0.2, -0.15) is 0 Å².